The first kappa shape index (κ1) is 14.0. The Hall–Kier alpha value is -0.500. The predicted octanol–water partition coefficient (Wildman–Crippen LogP) is -1.49. The van der Waals surface area contributed by atoms with Crippen LogP contribution in [-0.4, -0.2) is 34.1 Å². The van der Waals surface area contributed by atoms with Crippen molar-refractivity contribution < 1.29 is 9.67 Å². The Morgan fingerprint density at radius 1 is 1.67 bits per heavy atom. The molecule has 0 fully saturated rings. The van der Waals surface area contributed by atoms with Crippen molar-refractivity contribution in [1.29, 1.82) is 5.26 Å². The van der Waals surface area contributed by atoms with Crippen LogP contribution >= 0.6 is 0 Å². The second-order valence-electron chi connectivity index (χ2n) is 2.00. The summed E-state index contributed by atoms with van der Waals surface area (Å²) in [7, 11) is 2.02. The monoisotopic (exact) mass is 177 g/mol. The number of hydrogen-bond donors (Lipinski definition) is 0. The summed E-state index contributed by atoms with van der Waals surface area (Å²) in [5, 5.41) is 15.0. The van der Waals surface area contributed by atoms with Crippen LogP contribution in [0.4, 0.5) is 0 Å². The van der Waals surface area contributed by atoms with E-state index in [0.717, 1.165) is 6.54 Å². The summed E-state index contributed by atoms with van der Waals surface area (Å²) in [6.45, 7) is 3.18. The maximum absolute atomic E-state index is 8.24. The molecule has 5 heteroatoms. The molecule has 12 heavy (non-hydrogen) atoms. The molecule has 0 saturated carbocycles. The molecule has 0 unspecified atom stereocenters. The third kappa shape index (κ3) is 6.23. The van der Waals surface area contributed by atoms with Crippen molar-refractivity contribution in [2.75, 3.05) is 0 Å². The fourth-order valence-electron chi connectivity index (χ4n) is 0.689. The van der Waals surface area contributed by atoms with Crippen molar-refractivity contribution in [3.05, 3.63) is 18.7 Å². The first-order valence-electron chi connectivity index (χ1n) is 3.26. The topological polar surface area (TPSA) is 55.7 Å². The van der Waals surface area contributed by atoms with Gasteiger partial charge in [-0.3, -0.25) is 0 Å². The number of aryl methyl sites for hydroxylation is 2. The molecule has 1 aromatic rings. The van der Waals surface area contributed by atoms with Crippen LogP contribution in [0, 0.1) is 11.5 Å². The van der Waals surface area contributed by atoms with E-state index in [1.54, 1.807) is 0 Å². The van der Waals surface area contributed by atoms with Crippen LogP contribution in [0.3, 0.4) is 0 Å². The van der Waals surface area contributed by atoms with E-state index in [1.807, 2.05) is 17.8 Å². The Morgan fingerprint density at radius 2 is 2.17 bits per heavy atom. The Morgan fingerprint density at radius 3 is 2.33 bits per heavy atom. The molecule has 0 atom stereocenters. The fraction of sp³-hybridized carbons (Fsp3) is 0.429. The van der Waals surface area contributed by atoms with E-state index in [2.05, 4.69) is 24.0 Å². The molecule has 0 aliphatic carbocycles. The van der Waals surface area contributed by atoms with E-state index in [1.165, 1.54) is 0 Å². The molecule has 0 amide bonds. The quantitative estimate of drug-likeness (QED) is 0.298. The third-order valence-electron chi connectivity index (χ3n) is 1.19. The van der Waals surface area contributed by atoms with Gasteiger partial charge < -0.3 is 5.11 Å². The summed E-state index contributed by atoms with van der Waals surface area (Å²) in [5.41, 5.74) is 0. The third-order valence-corrected chi connectivity index (χ3v) is 1.19. The molecule has 1 rings (SSSR count). The second kappa shape index (κ2) is 8.60. The molecule has 0 aliphatic rings. The van der Waals surface area contributed by atoms with Crippen LogP contribution in [0.15, 0.2) is 18.7 Å². The summed E-state index contributed by atoms with van der Waals surface area (Å²) in [4.78, 5) is 0. The Kier molecular flexibility index (Phi) is 10.1. The van der Waals surface area contributed by atoms with Gasteiger partial charge in [-0.05, 0) is 6.92 Å². The predicted molar refractivity (Wildman–Crippen MR) is 44.0 cm³/mol. The van der Waals surface area contributed by atoms with E-state index in [-0.39, 0.29) is 29.6 Å². The summed E-state index contributed by atoms with van der Waals surface area (Å²) >= 11 is 0. The van der Waals surface area contributed by atoms with Crippen LogP contribution in [0.25, 0.3) is 0 Å². The van der Waals surface area contributed by atoms with Gasteiger partial charge in [-0.2, -0.15) is 0 Å². The molecule has 4 nitrogen and oxygen atoms in total. The van der Waals surface area contributed by atoms with Crippen molar-refractivity contribution in [1.82, 2.24) is 4.57 Å². The fourth-order valence-corrected chi connectivity index (χ4v) is 0.689. The van der Waals surface area contributed by atoms with Crippen LogP contribution in [0.2, 0.25) is 0 Å². The number of hydrogen-bond acceptors (Lipinski definition) is 2. The van der Waals surface area contributed by atoms with Gasteiger partial charge >= 0.3 is 29.6 Å². The van der Waals surface area contributed by atoms with Crippen LogP contribution in [0.1, 0.15) is 6.92 Å². The Bertz CT molecular complexity index is 241. The zero-order chi connectivity index (χ0) is 8.69. The zero-order valence-corrected chi connectivity index (χ0v) is 6.69. The van der Waals surface area contributed by atoms with E-state index in [0.29, 0.717) is 6.26 Å². The van der Waals surface area contributed by atoms with Crippen molar-refractivity contribution in [2.45, 2.75) is 13.5 Å². The van der Waals surface area contributed by atoms with Gasteiger partial charge in [-0.25, -0.2) is 14.4 Å². The maximum atomic E-state index is 8.24. The minimum atomic E-state index is 0. The van der Waals surface area contributed by atoms with E-state index < -0.39 is 0 Å². The van der Waals surface area contributed by atoms with Crippen molar-refractivity contribution in [3.8, 4) is 6.26 Å². The van der Waals surface area contributed by atoms with Crippen LogP contribution in [0.5, 0.6) is 0 Å². The number of nitriles is 1. The SMILES string of the molecule is CC[n+]1ccn(C)c1.N#C[O-].[NaH]. The number of aromatic nitrogens is 2. The molecule has 0 radical (unpaired) electrons. The average molecular weight is 177 g/mol. The molecule has 0 aliphatic heterocycles. The van der Waals surface area contributed by atoms with Gasteiger partial charge in [0.05, 0.1) is 13.6 Å². The molecule has 0 spiro atoms. The van der Waals surface area contributed by atoms with E-state index >= 15 is 0 Å². The number of rotatable bonds is 1. The summed E-state index contributed by atoms with van der Waals surface area (Å²) in [6, 6.07) is 0. The molecule has 0 bridgehead atoms. The van der Waals surface area contributed by atoms with Gasteiger partial charge in [-0.15, -0.1) is 0 Å². The standard InChI is InChI=1S/C6H11N2.CHNO.Na.H/c1-3-8-5-4-7(2)6-8;2-1-3;;/h4-6H,3H2,1-2H3;3H;;/q+1;;;/p-1. The number of imidazole rings is 1. The second-order valence-corrected chi connectivity index (χ2v) is 2.00. The van der Waals surface area contributed by atoms with Gasteiger partial charge in [0.15, 0.2) is 0 Å². The molecule has 0 saturated heterocycles. The van der Waals surface area contributed by atoms with Crippen molar-refractivity contribution >= 4 is 29.6 Å². The molecule has 1 heterocycles. The van der Waals surface area contributed by atoms with E-state index in [9.17, 15) is 0 Å². The van der Waals surface area contributed by atoms with Gasteiger partial charge in [-0.1, -0.05) is 0 Å². The van der Waals surface area contributed by atoms with Crippen molar-refractivity contribution in [2.24, 2.45) is 7.05 Å². The Labute approximate surface area is 94.3 Å². The van der Waals surface area contributed by atoms with Crippen molar-refractivity contribution in [3.63, 3.8) is 0 Å². The van der Waals surface area contributed by atoms with Gasteiger partial charge in [0.1, 0.15) is 12.4 Å². The van der Waals surface area contributed by atoms with Crippen LogP contribution in [-0.2, 0) is 13.6 Å². The molecule has 0 aromatic carbocycles. The molecule has 1 aromatic heterocycles. The molecule has 62 valence electrons. The minimum absolute atomic E-state index is 0. The van der Waals surface area contributed by atoms with Gasteiger partial charge in [0, 0.05) is 6.26 Å². The summed E-state index contributed by atoms with van der Waals surface area (Å²) in [6.07, 6.45) is 6.64. The first-order valence-corrected chi connectivity index (χ1v) is 3.26. The molecular formula is C7H12N3NaO. The molecular weight excluding hydrogens is 165 g/mol. The van der Waals surface area contributed by atoms with E-state index in [4.69, 9.17) is 10.4 Å². The molecule has 0 N–H and O–H groups in total. The summed E-state index contributed by atoms with van der Waals surface area (Å²) < 4.78 is 4.16. The summed E-state index contributed by atoms with van der Waals surface area (Å²) in [5.74, 6) is 0. The van der Waals surface area contributed by atoms with Crippen LogP contribution < -0.4 is 9.67 Å². The Balaban J connectivity index is 0. The van der Waals surface area contributed by atoms with Gasteiger partial charge in [0.25, 0.3) is 0 Å². The van der Waals surface area contributed by atoms with Gasteiger partial charge in [0.2, 0.25) is 6.33 Å². The average Bonchev–Trinajstić information content (AvgIpc) is 2.37. The number of nitrogens with zero attached hydrogens (tertiary/aromatic N) is 3. The zero-order valence-electron chi connectivity index (χ0n) is 6.69. The first-order chi connectivity index (χ1) is 5.24. The normalized spacial score (nSPS) is 7.08.